The normalized spacial score (nSPS) is 12.8. The molecule has 6 heteroatoms. The van der Waals surface area contributed by atoms with Crippen molar-refractivity contribution in [1.82, 2.24) is 4.98 Å². The predicted octanol–water partition coefficient (Wildman–Crippen LogP) is 4.50. The molecule has 156 valence electrons. The van der Waals surface area contributed by atoms with Crippen LogP contribution in [-0.2, 0) is 24.2 Å². The number of methoxy groups -OCH3 is 1. The van der Waals surface area contributed by atoms with Crippen LogP contribution in [0.1, 0.15) is 39.2 Å². The van der Waals surface area contributed by atoms with Crippen LogP contribution in [0.2, 0.25) is 0 Å². The first-order chi connectivity index (χ1) is 15.0. The van der Waals surface area contributed by atoms with Crippen molar-refractivity contribution in [3.63, 3.8) is 0 Å². The van der Waals surface area contributed by atoms with Gasteiger partial charge in [0.15, 0.2) is 0 Å². The van der Waals surface area contributed by atoms with Crippen molar-refractivity contribution in [1.29, 1.82) is 0 Å². The van der Waals surface area contributed by atoms with Gasteiger partial charge in [0, 0.05) is 28.5 Å². The van der Waals surface area contributed by atoms with Gasteiger partial charge in [-0.1, -0.05) is 0 Å². The van der Waals surface area contributed by atoms with Crippen LogP contribution in [0.5, 0.6) is 5.75 Å². The molecule has 4 aromatic rings. The molecule has 0 aliphatic heterocycles. The summed E-state index contributed by atoms with van der Waals surface area (Å²) in [5.74, 6) is 0.223. The summed E-state index contributed by atoms with van der Waals surface area (Å²) in [6.07, 6.45) is 3.10. The molecule has 0 fully saturated rings. The van der Waals surface area contributed by atoms with E-state index >= 15 is 0 Å². The summed E-state index contributed by atoms with van der Waals surface area (Å²) in [4.78, 5) is 29.4. The fraction of sp³-hybridized carbons (Fsp3) is 0.240. The third-order valence-electron chi connectivity index (χ3n) is 5.84. The van der Waals surface area contributed by atoms with Crippen molar-refractivity contribution in [2.45, 2.75) is 32.8 Å². The maximum atomic E-state index is 12.8. The van der Waals surface area contributed by atoms with Gasteiger partial charge in [-0.3, -0.25) is 4.98 Å². The number of esters is 1. The van der Waals surface area contributed by atoms with Gasteiger partial charge < -0.3 is 13.9 Å². The molecular formula is C25H21NO5. The minimum atomic E-state index is -0.481. The summed E-state index contributed by atoms with van der Waals surface area (Å²) < 4.78 is 16.2. The fourth-order valence-corrected chi connectivity index (χ4v) is 4.21. The highest BCUT2D eigenvalue weighted by Gasteiger charge is 2.18. The largest absolute Gasteiger partial charge is 0.497 e. The first-order valence-electron chi connectivity index (χ1n) is 10.2. The van der Waals surface area contributed by atoms with Gasteiger partial charge in [0.25, 0.3) is 0 Å². The molecule has 0 saturated heterocycles. The van der Waals surface area contributed by atoms with Gasteiger partial charge in [-0.05, 0) is 67.6 Å². The summed E-state index contributed by atoms with van der Waals surface area (Å²) in [5, 5.41) is 1.63. The van der Waals surface area contributed by atoms with Crippen molar-refractivity contribution >= 4 is 27.8 Å². The number of fused-ring (bicyclic) bond motifs is 3. The SMILES string of the molecule is COc1ccc2cc(C(=O)OCc3cc(=O)oc4cc5c(cc34)CCC5)c(C)nc2c1. The summed E-state index contributed by atoms with van der Waals surface area (Å²) in [6.45, 7) is 1.76. The highest BCUT2D eigenvalue weighted by molar-refractivity contribution is 5.95. The number of hydrogen-bond acceptors (Lipinski definition) is 6. The lowest BCUT2D eigenvalue weighted by molar-refractivity contribution is 0.0472. The molecule has 2 aromatic heterocycles. The molecule has 5 rings (SSSR count). The van der Waals surface area contributed by atoms with Crippen molar-refractivity contribution in [2.24, 2.45) is 0 Å². The zero-order valence-electron chi connectivity index (χ0n) is 17.4. The van der Waals surface area contributed by atoms with E-state index in [4.69, 9.17) is 13.9 Å². The maximum Gasteiger partial charge on any atom is 0.340 e. The maximum absolute atomic E-state index is 12.8. The Hall–Kier alpha value is -3.67. The molecule has 1 aliphatic rings. The Bertz CT molecular complexity index is 1400. The first kappa shape index (κ1) is 19.3. The monoisotopic (exact) mass is 415 g/mol. The second-order valence-corrected chi connectivity index (χ2v) is 7.82. The van der Waals surface area contributed by atoms with Gasteiger partial charge in [0.2, 0.25) is 0 Å². The van der Waals surface area contributed by atoms with Gasteiger partial charge in [-0.25, -0.2) is 9.59 Å². The van der Waals surface area contributed by atoms with Crippen LogP contribution >= 0.6 is 0 Å². The van der Waals surface area contributed by atoms with E-state index in [0.29, 0.717) is 28.2 Å². The highest BCUT2D eigenvalue weighted by Crippen LogP contribution is 2.29. The second-order valence-electron chi connectivity index (χ2n) is 7.82. The Morgan fingerprint density at radius 1 is 1.10 bits per heavy atom. The predicted molar refractivity (Wildman–Crippen MR) is 117 cm³/mol. The lowest BCUT2D eigenvalue weighted by Gasteiger charge is -2.11. The number of aromatic nitrogens is 1. The lowest BCUT2D eigenvalue weighted by atomic mass is 10.0. The third kappa shape index (κ3) is 3.54. The number of nitrogens with zero attached hydrogens (tertiary/aromatic N) is 1. The van der Waals surface area contributed by atoms with Crippen molar-refractivity contribution in [3.8, 4) is 5.75 Å². The van der Waals surface area contributed by atoms with E-state index in [-0.39, 0.29) is 6.61 Å². The molecule has 6 nitrogen and oxygen atoms in total. The number of benzene rings is 2. The lowest BCUT2D eigenvalue weighted by Crippen LogP contribution is -2.10. The Morgan fingerprint density at radius 2 is 1.90 bits per heavy atom. The summed E-state index contributed by atoms with van der Waals surface area (Å²) in [6, 6.07) is 12.7. The Balaban J connectivity index is 1.45. The number of hydrogen-bond donors (Lipinski definition) is 0. The minimum Gasteiger partial charge on any atom is -0.497 e. The summed E-state index contributed by atoms with van der Waals surface area (Å²) in [5.41, 5.74) is 4.93. The van der Waals surface area contributed by atoms with Gasteiger partial charge in [0.1, 0.15) is 17.9 Å². The molecule has 0 spiro atoms. The quantitative estimate of drug-likeness (QED) is 0.361. The van der Waals surface area contributed by atoms with Gasteiger partial charge in [-0.2, -0.15) is 0 Å². The van der Waals surface area contributed by atoms with Crippen LogP contribution in [0, 0.1) is 6.92 Å². The number of pyridine rings is 1. The highest BCUT2D eigenvalue weighted by atomic mass is 16.5. The van der Waals surface area contributed by atoms with Crippen LogP contribution in [0.15, 0.2) is 51.7 Å². The van der Waals surface area contributed by atoms with E-state index in [1.165, 1.54) is 17.2 Å². The van der Waals surface area contributed by atoms with Crippen molar-refractivity contribution < 1.29 is 18.7 Å². The molecule has 2 heterocycles. The minimum absolute atomic E-state index is 0.0141. The molecule has 0 saturated carbocycles. The standard InChI is InChI=1S/C25H21NO5/c1-14-20(9-17-6-7-19(29-2)12-22(17)26-14)25(28)30-13-18-11-24(27)31-23-10-16-5-3-4-15(16)8-21(18)23/h6-12H,3-5,13H2,1-2H3. The van der Waals surface area contributed by atoms with Crippen LogP contribution in [-0.4, -0.2) is 18.1 Å². The average molecular weight is 415 g/mol. The van der Waals surface area contributed by atoms with Gasteiger partial charge >= 0.3 is 11.6 Å². The average Bonchev–Trinajstić information content (AvgIpc) is 3.22. The van der Waals surface area contributed by atoms with E-state index in [2.05, 4.69) is 11.1 Å². The van der Waals surface area contributed by atoms with Gasteiger partial charge in [-0.15, -0.1) is 0 Å². The van der Waals surface area contributed by atoms with E-state index in [1.54, 1.807) is 20.1 Å². The van der Waals surface area contributed by atoms with E-state index < -0.39 is 11.6 Å². The molecule has 0 unspecified atom stereocenters. The zero-order chi connectivity index (χ0) is 21.5. The summed E-state index contributed by atoms with van der Waals surface area (Å²) >= 11 is 0. The molecule has 0 atom stereocenters. The number of carbonyl (C=O) groups is 1. The van der Waals surface area contributed by atoms with Crippen molar-refractivity contribution in [3.05, 3.63) is 80.8 Å². The Morgan fingerprint density at radius 3 is 2.71 bits per heavy atom. The number of rotatable bonds is 4. The van der Waals surface area contributed by atoms with Crippen LogP contribution in [0.3, 0.4) is 0 Å². The Kier molecular flexibility index (Phi) is 4.70. The third-order valence-corrected chi connectivity index (χ3v) is 5.84. The molecular weight excluding hydrogens is 394 g/mol. The number of carbonyl (C=O) groups excluding carboxylic acids is 1. The molecule has 2 aromatic carbocycles. The van der Waals surface area contributed by atoms with Crippen LogP contribution < -0.4 is 10.4 Å². The molecule has 0 N–H and O–H groups in total. The zero-order valence-corrected chi connectivity index (χ0v) is 17.4. The van der Waals surface area contributed by atoms with Crippen LogP contribution in [0.25, 0.3) is 21.9 Å². The van der Waals surface area contributed by atoms with E-state index in [1.807, 2.05) is 24.3 Å². The Labute approximate surface area is 178 Å². The molecule has 0 radical (unpaired) electrons. The van der Waals surface area contributed by atoms with Crippen LogP contribution in [0.4, 0.5) is 0 Å². The molecule has 0 amide bonds. The van der Waals surface area contributed by atoms with Crippen molar-refractivity contribution in [2.75, 3.05) is 7.11 Å². The fourth-order valence-electron chi connectivity index (χ4n) is 4.21. The topological polar surface area (TPSA) is 78.6 Å². The first-order valence-corrected chi connectivity index (χ1v) is 10.2. The van der Waals surface area contributed by atoms with Gasteiger partial charge in [0.05, 0.1) is 23.9 Å². The van der Waals surface area contributed by atoms with E-state index in [9.17, 15) is 9.59 Å². The number of ether oxygens (including phenoxy) is 2. The smallest absolute Gasteiger partial charge is 0.340 e. The molecule has 1 aliphatic carbocycles. The number of aryl methyl sites for hydroxylation is 3. The molecule has 0 bridgehead atoms. The van der Waals surface area contributed by atoms with E-state index in [0.717, 1.165) is 35.6 Å². The molecule has 31 heavy (non-hydrogen) atoms. The second kappa shape index (κ2) is 7.54. The summed E-state index contributed by atoms with van der Waals surface area (Å²) in [7, 11) is 1.60.